The van der Waals surface area contributed by atoms with Crippen molar-refractivity contribution in [2.75, 3.05) is 0 Å². The van der Waals surface area contributed by atoms with Crippen molar-refractivity contribution in [1.29, 1.82) is 0 Å². The number of nitrogens with zero attached hydrogens (tertiary/aromatic N) is 1. The van der Waals surface area contributed by atoms with E-state index < -0.39 is 5.82 Å². The number of benzene rings is 1. The van der Waals surface area contributed by atoms with E-state index in [0.29, 0.717) is 9.92 Å². The lowest BCUT2D eigenvalue weighted by Crippen LogP contribution is -1.99. The van der Waals surface area contributed by atoms with Gasteiger partial charge in [0, 0.05) is 11.1 Å². The third kappa shape index (κ3) is 2.79. The summed E-state index contributed by atoms with van der Waals surface area (Å²) in [6.07, 6.45) is 1.65. The van der Waals surface area contributed by atoms with Crippen LogP contribution in [0.4, 0.5) is 4.39 Å². The Morgan fingerprint density at radius 1 is 1.33 bits per heavy atom. The Hall–Kier alpha value is -1.20. The van der Waals surface area contributed by atoms with Gasteiger partial charge in [0.05, 0.1) is 10.0 Å². The van der Waals surface area contributed by atoms with Crippen molar-refractivity contribution in [3.05, 3.63) is 52.4 Å². The molecular weight excluding hydrogens is 317 g/mol. The Morgan fingerprint density at radius 3 is 2.78 bits per heavy atom. The van der Waals surface area contributed by atoms with E-state index in [0.717, 1.165) is 4.47 Å². The number of carbonyl (C=O) groups excluding carboxylic acids is 1. The first-order valence-electron chi connectivity index (χ1n) is 5.17. The topological polar surface area (TPSA) is 30.0 Å². The quantitative estimate of drug-likeness (QED) is 0.786. The van der Waals surface area contributed by atoms with Gasteiger partial charge in [-0.2, -0.15) is 0 Å². The van der Waals surface area contributed by atoms with Crippen LogP contribution in [0.15, 0.2) is 50.9 Å². The molecule has 1 aromatic carbocycles. The third-order valence-corrected chi connectivity index (χ3v) is 4.24. The van der Waals surface area contributed by atoms with Crippen molar-refractivity contribution >= 4 is 33.5 Å². The van der Waals surface area contributed by atoms with Crippen LogP contribution in [0.25, 0.3) is 0 Å². The molecule has 0 fully saturated rings. The Kier molecular flexibility index (Phi) is 4.14. The molecule has 0 atom stereocenters. The van der Waals surface area contributed by atoms with Crippen LogP contribution in [0.5, 0.6) is 0 Å². The summed E-state index contributed by atoms with van der Waals surface area (Å²) in [6.45, 7) is 1.36. The number of halogens is 2. The van der Waals surface area contributed by atoms with Gasteiger partial charge in [0.2, 0.25) is 0 Å². The highest BCUT2D eigenvalue weighted by Crippen LogP contribution is 2.34. The second-order valence-electron chi connectivity index (χ2n) is 3.56. The molecule has 0 saturated heterocycles. The average molecular weight is 326 g/mol. The normalized spacial score (nSPS) is 10.4. The highest BCUT2D eigenvalue weighted by Gasteiger charge is 2.15. The maximum atomic E-state index is 13.6. The van der Waals surface area contributed by atoms with E-state index in [9.17, 15) is 9.18 Å². The number of aromatic nitrogens is 1. The van der Waals surface area contributed by atoms with Crippen LogP contribution >= 0.6 is 27.7 Å². The Balaban J connectivity index is 2.44. The monoisotopic (exact) mass is 325 g/mol. The van der Waals surface area contributed by atoms with Crippen molar-refractivity contribution < 1.29 is 9.18 Å². The largest absolute Gasteiger partial charge is 0.294 e. The summed E-state index contributed by atoms with van der Waals surface area (Å²) in [4.78, 5) is 16.2. The van der Waals surface area contributed by atoms with Gasteiger partial charge in [0.25, 0.3) is 0 Å². The summed E-state index contributed by atoms with van der Waals surface area (Å²) in [5, 5.41) is 0.700. The predicted molar refractivity (Wildman–Crippen MR) is 72.5 cm³/mol. The van der Waals surface area contributed by atoms with Crippen molar-refractivity contribution in [2.45, 2.75) is 16.8 Å². The molecule has 18 heavy (non-hydrogen) atoms. The van der Waals surface area contributed by atoms with Gasteiger partial charge >= 0.3 is 0 Å². The van der Waals surface area contributed by atoms with Gasteiger partial charge in [0.15, 0.2) is 5.78 Å². The Morgan fingerprint density at radius 2 is 2.11 bits per heavy atom. The predicted octanol–water partition coefficient (Wildman–Crippen LogP) is 4.34. The smallest absolute Gasteiger partial charge is 0.163 e. The minimum atomic E-state index is -0.500. The lowest BCUT2D eigenvalue weighted by atomic mass is 10.1. The molecule has 0 amide bonds. The molecule has 0 saturated carbocycles. The summed E-state index contributed by atoms with van der Waals surface area (Å²) >= 11 is 4.64. The van der Waals surface area contributed by atoms with Crippen molar-refractivity contribution in [1.82, 2.24) is 4.98 Å². The molecule has 1 aromatic heterocycles. The molecular formula is C13H9BrFNOS. The highest BCUT2D eigenvalue weighted by atomic mass is 79.9. The standard InChI is InChI=1S/C13H9BrFNOS/c1-8(17)12-10(15)5-2-6-11(12)18-13-9(14)4-3-7-16-13/h2-7H,1H3. The first-order chi connectivity index (χ1) is 8.59. The van der Waals surface area contributed by atoms with Gasteiger partial charge in [-0.1, -0.05) is 17.8 Å². The van der Waals surface area contributed by atoms with E-state index in [1.54, 1.807) is 24.4 Å². The van der Waals surface area contributed by atoms with Gasteiger partial charge in [-0.05, 0) is 47.1 Å². The minimum absolute atomic E-state index is 0.111. The minimum Gasteiger partial charge on any atom is -0.294 e. The fourth-order valence-corrected chi connectivity index (χ4v) is 2.96. The molecule has 0 N–H and O–H groups in total. The maximum absolute atomic E-state index is 13.6. The van der Waals surface area contributed by atoms with Crippen LogP contribution in [-0.4, -0.2) is 10.8 Å². The zero-order valence-electron chi connectivity index (χ0n) is 9.48. The molecule has 0 aliphatic heterocycles. The zero-order valence-corrected chi connectivity index (χ0v) is 11.9. The van der Waals surface area contributed by atoms with E-state index in [-0.39, 0.29) is 11.3 Å². The van der Waals surface area contributed by atoms with E-state index in [2.05, 4.69) is 20.9 Å². The number of pyridine rings is 1. The fourth-order valence-electron chi connectivity index (χ4n) is 1.48. The van der Waals surface area contributed by atoms with Gasteiger partial charge in [-0.3, -0.25) is 4.79 Å². The van der Waals surface area contributed by atoms with Gasteiger partial charge in [-0.25, -0.2) is 9.37 Å². The molecule has 5 heteroatoms. The first-order valence-corrected chi connectivity index (χ1v) is 6.78. The SMILES string of the molecule is CC(=O)c1c(F)cccc1Sc1ncccc1Br. The van der Waals surface area contributed by atoms with Crippen molar-refractivity contribution in [3.8, 4) is 0 Å². The van der Waals surface area contributed by atoms with Crippen LogP contribution in [0, 0.1) is 5.82 Å². The van der Waals surface area contributed by atoms with E-state index in [4.69, 9.17) is 0 Å². The molecule has 0 unspecified atom stereocenters. The summed E-state index contributed by atoms with van der Waals surface area (Å²) in [5.41, 5.74) is 0.111. The van der Waals surface area contributed by atoms with Crippen LogP contribution in [0.2, 0.25) is 0 Å². The molecule has 0 radical (unpaired) electrons. The van der Waals surface area contributed by atoms with E-state index >= 15 is 0 Å². The van der Waals surface area contributed by atoms with Crippen LogP contribution in [-0.2, 0) is 0 Å². The Bertz CT molecular complexity index is 603. The van der Waals surface area contributed by atoms with Gasteiger partial charge < -0.3 is 0 Å². The molecule has 0 spiro atoms. The zero-order chi connectivity index (χ0) is 13.1. The average Bonchev–Trinajstić information content (AvgIpc) is 2.31. The second kappa shape index (κ2) is 5.63. The number of hydrogen-bond acceptors (Lipinski definition) is 3. The van der Waals surface area contributed by atoms with Crippen LogP contribution in [0.3, 0.4) is 0 Å². The number of hydrogen-bond donors (Lipinski definition) is 0. The molecule has 92 valence electrons. The van der Waals surface area contributed by atoms with Gasteiger partial charge in [-0.15, -0.1) is 0 Å². The van der Waals surface area contributed by atoms with Crippen molar-refractivity contribution in [3.63, 3.8) is 0 Å². The van der Waals surface area contributed by atoms with Crippen molar-refractivity contribution in [2.24, 2.45) is 0 Å². The lowest BCUT2D eigenvalue weighted by Gasteiger charge is -2.07. The molecule has 0 aliphatic carbocycles. The lowest BCUT2D eigenvalue weighted by molar-refractivity contribution is 0.101. The van der Waals surface area contributed by atoms with Crippen LogP contribution < -0.4 is 0 Å². The molecule has 0 aliphatic rings. The maximum Gasteiger partial charge on any atom is 0.163 e. The summed E-state index contributed by atoms with van der Waals surface area (Å²) in [7, 11) is 0. The summed E-state index contributed by atoms with van der Waals surface area (Å²) in [5.74, 6) is -0.790. The second-order valence-corrected chi connectivity index (χ2v) is 5.45. The van der Waals surface area contributed by atoms with E-state index in [1.807, 2.05) is 6.07 Å². The number of Topliss-reactive ketones (excluding diaryl/α,β-unsaturated/α-hetero) is 1. The molecule has 2 nitrogen and oxygen atoms in total. The third-order valence-electron chi connectivity index (χ3n) is 2.26. The van der Waals surface area contributed by atoms with Gasteiger partial charge in [0.1, 0.15) is 10.8 Å². The van der Waals surface area contributed by atoms with Crippen LogP contribution in [0.1, 0.15) is 17.3 Å². The fraction of sp³-hybridized carbons (Fsp3) is 0.0769. The molecule has 2 aromatic rings. The summed E-state index contributed by atoms with van der Waals surface area (Å²) < 4.78 is 14.5. The number of ketones is 1. The first kappa shape index (κ1) is 13.2. The summed E-state index contributed by atoms with van der Waals surface area (Å²) in [6, 6.07) is 8.23. The molecule has 1 heterocycles. The molecule has 0 bridgehead atoms. The highest BCUT2D eigenvalue weighted by molar-refractivity contribution is 9.10. The van der Waals surface area contributed by atoms with E-state index in [1.165, 1.54) is 24.8 Å². The Labute approximate surface area is 117 Å². The number of carbonyl (C=O) groups is 1. The molecule has 2 rings (SSSR count). The number of rotatable bonds is 3.